The van der Waals surface area contributed by atoms with Gasteiger partial charge >= 0.3 is 45.8 Å². The van der Waals surface area contributed by atoms with Gasteiger partial charge in [0.25, 0.3) is 0 Å². The molecule has 12 aromatic rings. The molecule has 12 bridgehead atoms. The van der Waals surface area contributed by atoms with Gasteiger partial charge in [0.15, 0.2) is 88.7 Å². The lowest BCUT2D eigenvalue weighted by atomic mass is 10.1. The second-order valence-electron chi connectivity index (χ2n) is 32.7. The number of anilines is 6. The van der Waals surface area contributed by atoms with Gasteiger partial charge in [-0.1, -0.05) is 0 Å². The molecule has 9 aliphatic rings. The molecule has 0 amide bonds. The van der Waals surface area contributed by atoms with Crippen LogP contribution >= 0.6 is 45.8 Å². The minimum atomic E-state index is -5.04. The number of hydrogen-bond donors (Lipinski definition) is 18. The first kappa shape index (κ1) is 98.3. The van der Waals surface area contributed by atoms with Gasteiger partial charge in [-0.05, 0) is 18.2 Å². The van der Waals surface area contributed by atoms with Gasteiger partial charge in [0, 0.05) is 18.6 Å². The van der Waals surface area contributed by atoms with Gasteiger partial charge in [-0.25, -0.2) is 79.3 Å². The molecule has 12 aromatic heterocycles. The summed E-state index contributed by atoms with van der Waals surface area (Å²) in [6.45, 7) is -4.47. The number of nitrogens with zero attached hydrogens (tertiary/aromatic N) is 21. The number of fused-ring (bicyclic) bond motifs is 18. The molecule has 69 heteroatoms. The van der Waals surface area contributed by atoms with Crippen molar-refractivity contribution in [1.29, 1.82) is 0 Å². The average Bonchev–Trinajstić information content (AvgIpc) is 1.62. The second kappa shape index (κ2) is 39.0. The van der Waals surface area contributed by atoms with E-state index in [2.05, 4.69) is 74.8 Å². The molecule has 0 radical (unpaired) electrons. The molecule has 0 aliphatic carbocycles. The number of ether oxygens (including phenoxy) is 11. The standard InChI is InChI=1S/C24H31N9O12P2.2C23H29N9O12P2/c25-11-1-2-27-21-14(11)30-8-32(21)23-18-16(34)13(44-23)6-43-47(38,39)10-41-19-17(35)12(5-42-46(36,37)4-3-40-18)45-24(19)33-9-31-15-20(26)28-7-29-22(15)33;24-10-1-2-26-20-13(10)29-6-31(20)22-17-15(33)11(43-22)3-41-46(37,38)9-40-18-16(34)12(4-42-45(35,36)8-39-17)44-23(18)32-7-30-14-19(25)27-5-28-21(14)32;24-10-1-2-26-20-13(10)29-8-31(20)22-17-15(33)12(42-22)6-41-46(37,38)44-18-16(34)11(5-40-45(35,36)4-3-39-17)43-23(18)32-9-30-14-19(25)27-7-28-21(14)32/h1-2,7-9,12-13,16-19,23-24,34-35H,3-6,10H2,(H2,25,27)(H,36,37)(H,38,39)(H2,26,28,29);1-2,5-7,11-12,15-18,22-23,33-34H,3-4,8-9H2,(H2,24,26)(H,35,36)(H,37,38)(H2,25,27,28);1-2,7-9,11-12,15-18,22-23,33-34H,3-6H2,(H2,24,26)(H,35,36)(H,37,38)(H2,25,27,28)/t12-,13-,16?,17?,18-,19-,23-,24-;11-,12-,15?,16?,17+,18+,22-,23-;11-,12-,15?,16?,17-,18+,22-,23-/m111/s1. The Kier molecular flexibility index (Phi) is 27.6. The third-order valence-corrected chi connectivity index (χ3v) is 30.3. The SMILES string of the molecule is Nc1ccnc2c1ncn2[C@@H]1O[C@@H]2COP(=O)(O)CO[C@@H]3C(O)[C@@H](COP(=O)(O)CCO[C@@H]1C2O)O[C@H]3n1cnc2c(N)ncnc21.Nc1ccnc2c1ncn2[C@@H]1O[C@@H]2COP(=O)(O)CO[C@H]3C(O)[C@@H](COP(=O)(O)CO[C@H]1C2O)O[C@H]3n1cnc2c(N)ncnc21.Nc1ccnc2c1ncn2[C@@H]1O[C@@H]2COP(=O)(O)O[C@H]3C(O)[C@@H](COP(=O)(O)CCO[C@@H]1C2O)O[C@H]3n1cnc2c(N)ncnc21. The highest BCUT2D eigenvalue weighted by Crippen LogP contribution is 2.55. The molecule has 9 fully saturated rings. The minimum Gasteiger partial charge on any atom is -0.397 e. The number of hydrogen-bond acceptors (Lipinski definition) is 51. The first-order chi connectivity index (χ1) is 66.3. The summed E-state index contributed by atoms with van der Waals surface area (Å²) in [7, 11) is -27.5. The number of nitrogens with two attached hydrogens (primary N) is 6. The summed E-state index contributed by atoms with van der Waals surface area (Å²) >= 11 is 0. The van der Waals surface area contributed by atoms with E-state index in [-0.39, 0.29) is 69.8 Å². The van der Waals surface area contributed by atoms with Crippen molar-refractivity contribution in [3.05, 3.63) is 93.7 Å². The Hall–Kier alpha value is -9.51. The second-order valence-corrected chi connectivity index (χ2v) is 43.4. The Bertz CT molecular complexity index is 6720. The van der Waals surface area contributed by atoms with Crippen LogP contribution in [0.2, 0.25) is 0 Å². The lowest BCUT2D eigenvalue weighted by molar-refractivity contribution is -0.0711. The van der Waals surface area contributed by atoms with E-state index in [1.54, 1.807) is 18.2 Å². The molecular weight excluding hydrogens is 1980 g/mol. The van der Waals surface area contributed by atoms with Crippen LogP contribution < -0.4 is 34.4 Å². The Morgan fingerprint density at radius 1 is 0.281 bits per heavy atom. The highest BCUT2D eigenvalue weighted by Gasteiger charge is 2.57. The van der Waals surface area contributed by atoms with Crippen molar-refractivity contribution in [2.24, 2.45) is 0 Å². The normalized spacial score (nSPS) is 37.6. The fraction of sp³-hybridized carbons (Fsp3) is 0.529. The number of pyridine rings is 3. The zero-order chi connectivity index (χ0) is 97.8. The van der Waals surface area contributed by atoms with Crippen LogP contribution in [0.25, 0.3) is 67.0 Å². The van der Waals surface area contributed by atoms with E-state index >= 15 is 0 Å². The van der Waals surface area contributed by atoms with Crippen LogP contribution in [0.5, 0.6) is 0 Å². The van der Waals surface area contributed by atoms with Crippen molar-refractivity contribution >= 4 is 147 Å². The highest BCUT2D eigenvalue weighted by molar-refractivity contribution is 7.53. The number of aliphatic hydroxyl groups is 6. The van der Waals surface area contributed by atoms with Gasteiger partial charge in [-0.2, -0.15) is 0 Å². The fourth-order valence-electron chi connectivity index (χ4n) is 16.8. The van der Waals surface area contributed by atoms with Crippen molar-refractivity contribution in [3.63, 3.8) is 0 Å². The maximum absolute atomic E-state index is 13.3. The van der Waals surface area contributed by atoms with Gasteiger partial charge in [0.1, 0.15) is 181 Å². The van der Waals surface area contributed by atoms with Gasteiger partial charge in [-0.3, -0.25) is 59.3 Å². The topological polar surface area (TPSA) is 890 Å². The molecule has 0 spiro atoms. The number of phosphoric ester groups is 1. The van der Waals surface area contributed by atoms with Crippen molar-refractivity contribution < 1.29 is 171 Å². The summed E-state index contributed by atoms with van der Waals surface area (Å²) in [5.41, 5.74) is 39.8. The summed E-state index contributed by atoms with van der Waals surface area (Å²) in [6.07, 6.45) is -19.8. The lowest BCUT2D eigenvalue weighted by Crippen LogP contribution is -2.37. The number of rotatable bonds is 6. The maximum atomic E-state index is 13.3. The number of nitrogen functional groups attached to an aromatic ring is 6. The molecule has 0 aromatic carbocycles. The zero-order valence-electron chi connectivity index (χ0n) is 71.4. The van der Waals surface area contributed by atoms with E-state index in [0.717, 1.165) is 6.33 Å². The summed E-state index contributed by atoms with van der Waals surface area (Å²) in [5.74, 6) is 0.187. The molecule has 12 unspecified atom stereocenters. The van der Waals surface area contributed by atoms with Crippen molar-refractivity contribution in [2.45, 2.75) is 147 Å². The summed E-state index contributed by atoms with van der Waals surface area (Å²) in [5, 5.41) is 66.8. The maximum Gasteiger partial charge on any atom is 0.472 e. The van der Waals surface area contributed by atoms with Gasteiger partial charge in [0.2, 0.25) is 0 Å². The van der Waals surface area contributed by atoms with Crippen molar-refractivity contribution in [1.82, 2.24) is 102 Å². The summed E-state index contributed by atoms with van der Waals surface area (Å²) in [4.78, 5) is 126. The van der Waals surface area contributed by atoms with Crippen LogP contribution in [0.3, 0.4) is 0 Å². The Balaban J connectivity index is 0.000000133. The van der Waals surface area contributed by atoms with E-state index in [4.69, 9.17) is 118 Å². The molecule has 9 saturated heterocycles. The van der Waals surface area contributed by atoms with E-state index in [0.29, 0.717) is 44.9 Å². The van der Waals surface area contributed by atoms with Crippen LogP contribution in [-0.4, -0.2) is 356 Å². The third-order valence-electron chi connectivity index (χ3n) is 23.7. The first-order valence-electron chi connectivity index (χ1n) is 41.8. The molecule has 30 atom stereocenters. The average molecular weight is 2070 g/mol. The van der Waals surface area contributed by atoms with E-state index in [1.807, 2.05) is 0 Å². The molecule has 63 nitrogen and oxygen atoms in total. The smallest absolute Gasteiger partial charge is 0.397 e. The van der Waals surface area contributed by atoms with Gasteiger partial charge in [-0.15, -0.1) is 0 Å². The van der Waals surface area contributed by atoms with Crippen molar-refractivity contribution in [2.75, 3.05) is 119 Å². The molecule has 9 aliphatic heterocycles. The lowest BCUT2D eigenvalue weighted by Gasteiger charge is -2.25. The number of imidazole rings is 6. The van der Waals surface area contributed by atoms with E-state index < -0.39 is 264 Å². The fourth-order valence-corrected chi connectivity index (χ4v) is 21.8. The Morgan fingerprint density at radius 3 is 0.791 bits per heavy atom. The molecule has 24 N–H and O–H groups in total. The number of phosphoric acid groups is 1. The van der Waals surface area contributed by atoms with Crippen molar-refractivity contribution in [3.8, 4) is 0 Å². The highest BCUT2D eigenvalue weighted by atomic mass is 31.2. The zero-order valence-corrected chi connectivity index (χ0v) is 76.8. The summed E-state index contributed by atoms with van der Waals surface area (Å²) in [6, 6.07) is 4.65. The molecule has 21 heterocycles. The van der Waals surface area contributed by atoms with E-state index in [9.17, 15) is 87.4 Å². The quantitative estimate of drug-likeness (QED) is 0.0748. The minimum absolute atomic E-state index is 0.0411. The van der Waals surface area contributed by atoms with Crippen LogP contribution in [0.15, 0.2) is 93.7 Å². The van der Waals surface area contributed by atoms with Crippen LogP contribution in [0.1, 0.15) is 37.4 Å². The van der Waals surface area contributed by atoms with E-state index in [1.165, 1.54) is 96.6 Å². The molecule has 139 heavy (non-hydrogen) atoms. The van der Waals surface area contributed by atoms with Crippen LogP contribution in [-0.2, 0) is 111 Å². The predicted octanol–water partition coefficient (Wildman–Crippen LogP) is -2.79. The third kappa shape index (κ3) is 19.9. The van der Waals surface area contributed by atoms with Crippen LogP contribution in [0, 0.1) is 0 Å². The largest absolute Gasteiger partial charge is 0.472 e. The molecule has 21 rings (SSSR count). The molecular formula is C70H89N27O36P6. The van der Waals surface area contributed by atoms with Crippen LogP contribution in [0.4, 0.5) is 34.5 Å². The first-order valence-corrected chi connectivity index (χ1v) is 52.1. The molecule has 750 valence electrons. The summed E-state index contributed by atoms with van der Waals surface area (Å²) < 4.78 is 189. The van der Waals surface area contributed by atoms with Gasteiger partial charge < -0.3 is 169 Å². The van der Waals surface area contributed by atoms with Gasteiger partial charge in [0.05, 0.1) is 120 Å². The number of aliphatic hydroxyl groups excluding tert-OH is 6. The Morgan fingerprint density at radius 2 is 0.511 bits per heavy atom. The monoisotopic (exact) mass is 2070 g/mol. The Labute approximate surface area is 777 Å². The molecule has 0 saturated carbocycles. The number of aromatic nitrogens is 21. The predicted molar refractivity (Wildman–Crippen MR) is 462 cm³/mol.